The Morgan fingerprint density at radius 1 is 1.31 bits per heavy atom. The maximum Gasteiger partial charge on any atom is 0.0900 e. The Bertz CT molecular complexity index is 186. The molecule has 0 saturated carbocycles. The molecule has 1 heterocycles. The van der Waals surface area contributed by atoms with Crippen LogP contribution in [0.3, 0.4) is 0 Å². The van der Waals surface area contributed by atoms with Crippen LogP contribution >= 0.6 is 0 Å². The summed E-state index contributed by atoms with van der Waals surface area (Å²) in [6.07, 6.45) is -0.361. The molecule has 0 aliphatic carbocycles. The van der Waals surface area contributed by atoms with Crippen molar-refractivity contribution in [1.82, 2.24) is 10.2 Å². The molecule has 0 radical (unpaired) electrons. The van der Waals surface area contributed by atoms with Crippen LogP contribution in [0.4, 0.5) is 0 Å². The zero-order valence-electron chi connectivity index (χ0n) is 10.8. The minimum absolute atomic E-state index is 0.175. The number of β-amino-alcohol motifs (C(OH)–C–C–N with tert-alkyl or cyclic N) is 1. The number of hydrogen-bond donors (Lipinski definition) is 2. The number of nitrogens with zero attached hydrogens (tertiary/aromatic N) is 1. The van der Waals surface area contributed by atoms with Crippen molar-refractivity contribution in [3.05, 3.63) is 0 Å². The highest BCUT2D eigenvalue weighted by molar-refractivity contribution is 4.71. The highest BCUT2D eigenvalue weighted by atomic mass is 16.5. The number of piperazine rings is 1. The van der Waals surface area contributed by atoms with Gasteiger partial charge in [0, 0.05) is 32.7 Å². The van der Waals surface area contributed by atoms with Crippen LogP contribution in [-0.2, 0) is 4.74 Å². The predicted octanol–water partition coefficient (Wildman–Crippen LogP) is 0.315. The maximum absolute atomic E-state index is 9.81. The lowest BCUT2D eigenvalue weighted by Crippen LogP contribution is -2.47. The van der Waals surface area contributed by atoms with Gasteiger partial charge in [-0.25, -0.2) is 0 Å². The third-order valence-electron chi connectivity index (χ3n) is 2.52. The minimum atomic E-state index is -0.361. The van der Waals surface area contributed by atoms with E-state index in [1.165, 1.54) is 0 Å². The van der Waals surface area contributed by atoms with Gasteiger partial charge in [0.25, 0.3) is 0 Å². The highest BCUT2D eigenvalue weighted by Gasteiger charge is 2.16. The molecule has 2 N–H and O–H groups in total. The summed E-state index contributed by atoms with van der Waals surface area (Å²) in [6.45, 7) is 12.4. The van der Waals surface area contributed by atoms with Gasteiger partial charge >= 0.3 is 0 Å². The number of nitrogens with one attached hydrogen (secondary N) is 1. The van der Waals surface area contributed by atoms with Crippen molar-refractivity contribution in [3.63, 3.8) is 0 Å². The zero-order chi connectivity index (χ0) is 12.0. The molecule has 1 saturated heterocycles. The molecule has 96 valence electrons. The van der Waals surface area contributed by atoms with Crippen LogP contribution in [0.25, 0.3) is 0 Å². The van der Waals surface area contributed by atoms with E-state index >= 15 is 0 Å². The molecule has 0 amide bonds. The van der Waals surface area contributed by atoms with Crippen molar-refractivity contribution in [2.24, 2.45) is 5.41 Å². The summed E-state index contributed by atoms with van der Waals surface area (Å²) in [5.74, 6) is 0. The van der Waals surface area contributed by atoms with Gasteiger partial charge in [-0.2, -0.15) is 0 Å². The third-order valence-corrected chi connectivity index (χ3v) is 2.52. The second-order valence-corrected chi connectivity index (χ2v) is 5.78. The van der Waals surface area contributed by atoms with Crippen LogP contribution in [0.1, 0.15) is 20.8 Å². The van der Waals surface area contributed by atoms with Gasteiger partial charge in [0.2, 0.25) is 0 Å². The van der Waals surface area contributed by atoms with E-state index in [0.29, 0.717) is 13.2 Å². The molecule has 0 aromatic heterocycles. The van der Waals surface area contributed by atoms with E-state index in [2.05, 4.69) is 31.0 Å². The Morgan fingerprint density at radius 2 is 1.94 bits per heavy atom. The van der Waals surface area contributed by atoms with Crippen LogP contribution in [-0.4, -0.2) is 62.0 Å². The van der Waals surface area contributed by atoms with Crippen molar-refractivity contribution >= 4 is 0 Å². The van der Waals surface area contributed by atoms with E-state index in [1.807, 2.05) is 0 Å². The molecule has 1 atom stereocenters. The van der Waals surface area contributed by atoms with Crippen molar-refractivity contribution in [1.29, 1.82) is 0 Å². The molecule has 1 aliphatic rings. The fourth-order valence-electron chi connectivity index (χ4n) is 1.75. The van der Waals surface area contributed by atoms with E-state index in [-0.39, 0.29) is 11.5 Å². The number of ether oxygens (including phenoxy) is 1. The highest BCUT2D eigenvalue weighted by Crippen LogP contribution is 2.12. The Morgan fingerprint density at radius 3 is 2.50 bits per heavy atom. The molecule has 4 nitrogen and oxygen atoms in total. The van der Waals surface area contributed by atoms with Crippen molar-refractivity contribution < 1.29 is 9.84 Å². The second kappa shape index (κ2) is 6.55. The summed E-state index contributed by atoms with van der Waals surface area (Å²) >= 11 is 0. The fraction of sp³-hybridized carbons (Fsp3) is 1.00. The van der Waals surface area contributed by atoms with Crippen LogP contribution in [0.15, 0.2) is 0 Å². The van der Waals surface area contributed by atoms with E-state index in [0.717, 1.165) is 32.7 Å². The monoisotopic (exact) mass is 230 g/mol. The maximum atomic E-state index is 9.81. The summed E-state index contributed by atoms with van der Waals surface area (Å²) in [5.41, 5.74) is 0.175. The van der Waals surface area contributed by atoms with Gasteiger partial charge in [-0.15, -0.1) is 0 Å². The summed E-state index contributed by atoms with van der Waals surface area (Å²) in [7, 11) is 0. The molecular weight excluding hydrogens is 204 g/mol. The largest absolute Gasteiger partial charge is 0.389 e. The number of hydrogen-bond acceptors (Lipinski definition) is 4. The molecule has 0 aromatic rings. The van der Waals surface area contributed by atoms with Gasteiger partial charge in [0.1, 0.15) is 0 Å². The molecule has 0 aromatic carbocycles. The molecular formula is C12H26N2O2. The molecule has 4 heteroatoms. The Hall–Kier alpha value is -0.160. The first kappa shape index (κ1) is 13.9. The lowest BCUT2D eigenvalue weighted by molar-refractivity contribution is -0.00806. The lowest BCUT2D eigenvalue weighted by atomic mass is 9.99. The van der Waals surface area contributed by atoms with E-state index in [9.17, 15) is 5.11 Å². The van der Waals surface area contributed by atoms with Gasteiger partial charge in [-0.1, -0.05) is 20.8 Å². The third kappa shape index (κ3) is 6.43. The average molecular weight is 230 g/mol. The average Bonchev–Trinajstić information content (AvgIpc) is 2.17. The van der Waals surface area contributed by atoms with Crippen LogP contribution in [0, 0.1) is 5.41 Å². The Balaban J connectivity index is 2.08. The number of rotatable bonds is 5. The van der Waals surface area contributed by atoms with Gasteiger partial charge in [-0.3, -0.25) is 4.90 Å². The zero-order valence-corrected chi connectivity index (χ0v) is 10.8. The topological polar surface area (TPSA) is 44.7 Å². The summed E-state index contributed by atoms with van der Waals surface area (Å²) in [5, 5.41) is 13.1. The lowest BCUT2D eigenvalue weighted by Gasteiger charge is -2.29. The molecule has 16 heavy (non-hydrogen) atoms. The summed E-state index contributed by atoms with van der Waals surface area (Å²) in [6, 6.07) is 0. The summed E-state index contributed by atoms with van der Waals surface area (Å²) in [4.78, 5) is 2.28. The molecule has 0 bridgehead atoms. The first-order valence-electron chi connectivity index (χ1n) is 6.16. The van der Waals surface area contributed by atoms with Gasteiger partial charge in [0.05, 0.1) is 19.3 Å². The second-order valence-electron chi connectivity index (χ2n) is 5.78. The molecule has 1 rings (SSSR count). The van der Waals surface area contributed by atoms with E-state index in [1.54, 1.807) is 0 Å². The van der Waals surface area contributed by atoms with Crippen LogP contribution in [0.5, 0.6) is 0 Å². The molecule has 0 unspecified atom stereocenters. The Labute approximate surface area is 99.0 Å². The van der Waals surface area contributed by atoms with E-state index < -0.39 is 0 Å². The predicted molar refractivity (Wildman–Crippen MR) is 65.6 cm³/mol. The molecule has 0 spiro atoms. The van der Waals surface area contributed by atoms with Crippen molar-refractivity contribution in [2.45, 2.75) is 26.9 Å². The molecule has 1 aliphatic heterocycles. The van der Waals surface area contributed by atoms with Crippen molar-refractivity contribution in [3.8, 4) is 0 Å². The normalized spacial score (nSPS) is 21.0. The first-order valence-corrected chi connectivity index (χ1v) is 6.16. The fourth-order valence-corrected chi connectivity index (χ4v) is 1.75. The number of aliphatic hydroxyl groups is 1. The van der Waals surface area contributed by atoms with Gasteiger partial charge in [0.15, 0.2) is 0 Å². The van der Waals surface area contributed by atoms with Gasteiger partial charge < -0.3 is 15.2 Å². The van der Waals surface area contributed by atoms with Gasteiger partial charge in [-0.05, 0) is 5.41 Å². The quantitative estimate of drug-likeness (QED) is 0.714. The minimum Gasteiger partial charge on any atom is -0.389 e. The SMILES string of the molecule is CC(C)(C)COC[C@@H](O)CN1CCNCC1. The summed E-state index contributed by atoms with van der Waals surface area (Å²) < 4.78 is 5.51. The van der Waals surface area contributed by atoms with Crippen LogP contribution < -0.4 is 5.32 Å². The molecule has 1 fully saturated rings. The van der Waals surface area contributed by atoms with E-state index in [4.69, 9.17) is 4.74 Å². The van der Waals surface area contributed by atoms with Crippen molar-refractivity contribution in [2.75, 3.05) is 45.9 Å². The first-order chi connectivity index (χ1) is 7.47. The standard InChI is InChI=1S/C12H26N2O2/c1-12(2,3)10-16-9-11(15)8-14-6-4-13-5-7-14/h11,13,15H,4-10H2,1-3H3/t11-/m0/s1. The van der Waals surface area contributed by atoms with Crippen LogP contribution in [0.2, 0.25) is 0 Å². The smallest absolute Gasteiger partial charge is 0.0900 e. The Kier molecular flexibility index (Phi) is 5.69. The number of aliphatic hydroxyl groups excluding tert-OH is 1.